The number of nitrogens with one attached hydrogen (secondary N) is 1. The summed E-state index contributed by atoms with van der Waals surface area (Å²) in [5, 5.41) is 0. The van der Waals surface area contributed by atoms with E-state index in [1.807, 2.05) is 6.92 Å². The molecule has 3 heteroatoms. The minimum atomic E-state index is 0.844. The molecule has 1 aromatic heterocycles. The number of nitrogens with zero attached hydrogens (tertiary/aromatic N) is 1. The van der Waals surface area contributed by atoms with Gasteiger partial charge in [-0.05, 0) is 19.9 Å². The van der Waals surface area contributed by atoms with E-state index >= 15 is 0 Å². The van der Waals surface area contributed by atoms with Crippen molar-refractivity contribution in [2.45, 2.75) is 26.7 Å². The van der Waals surface area contributed by atoms with Crippen LogP contribution in [0.25, 0.3) is 0 Å². The molecule has 1 heterocycles. The Labute approximate surface area is 68.0 Å². The van der Waals surface area contributed by atoms with Crippen molar-refractivity contribution in [2.75, 3.05) is 6.54 Å². The lowest BCUT2D eigenvalue weighted by Crippen LogP contribution is -1.95. The number of nitrogens with two attached hydrogens (primary N) is 1. The number of rotatable bonds is 2. The number of hydrogen-bond acceptors (Lipinski definition) is 2. The zero-order valence-corrected chi connectivity index (χ0v) is 7.30. The van der Waals surface area contributed by atoms with Crippen molar-refractivity contribution in [1.29, 1.82) is 0 Å². The van der Waals surface area contributed by atoms with Gasteiger partial charge in [0.05, 0.1) is 0 Å². The van der Waals surface area contributed by atoms with Crippen molar-refractivity contribution >= 4 is 0 Å². The van der Waals surface area contributed by atoms with Crippen LogP contribution in [0.1, 0.15) is 25.6 Å². The molecule has 0 atom stereocenters. The van der Waals surface area contributed by atoms with E-state index in [4.69, 9.17) is 5.73 Å². The van der Waals surface area contributed by atoms with Gasteiger partial charge in [0.2, 0.25) is 0 Å². The van der Waals surface area contributed by atoms with Crippen molar-refractivity contribution < 1.29 is 0 Å². The number of H-pyrrole nitrogens is 1. The van der Waals surface area contributed by atoms with E-state index in [0.29, 0.717) is 0 Å². The molecule has 3 nitrogen and oxygen atoms in total. The van der Waals surface area contributed by atoms with Crippen LogP contribution in [0.15, 0.2) is 12.4 Å². The molecule has 0 bridgehead atoms. The van der Waals surface area contributed by atoms with Crippen LogP contribution in [0.3, 0.4) is 0 Å². The summed E-state index contributed by atoms with van der Waals surface area (Å²) in [6.07, 6.45) is 5.92. The van der Waals surface area contributed by atoms with E-state index in [-0.39, 0.29) is 0 Å². The van der Waals surface area contributed by atoms with Crippen LogP contribution in [0.5, 0.6) is 0 Å². The molecular weight excluding hydrogens is 138 g/mol. The first kappa shape index (κ1) is 10.2. The van der Waals surface area contributed by atoms with E-state index in [2.05, 4.69) is 16.9 Å². The van der Waals surface area contributed by atoms with Gasteiger partial charge in [-0.15, -0.1) is 0 Å². The SMILES string of the molecule is CCCCN.Cc1ncc[nH]1. The summed E-state index contributed by atoms with van der Waals surface area (Å²) >= 11 is 0. The van der Waals surface area contributed by atoms with Crippen molar-refractivity contribution in [2.24, 2.45) is 5.73 Å². The number of unbranched alkanes of at least 4 members (excludes halogenated alkanes) is 1. The summed E-state index contributed by atoms with van der Waals surface area (Å²) in [6.45, 7) is 4.89. The fourth-order valence-electron chi connectivity index (χ4n) is 0.548. The highest BCUT2D eigenvalue weighted by atomic mass is 14.9. The fourth-order valence-corrected chi connectivity index (χ4v) is 0.548. The first-order chi connectivity index (χ1) is 5.31. The number of hydrogen-bond donors (Lipinski definition) is 2. The number of aryl methyl sites for hydroxylation is 1. The second kappa shape index (κ2) is 7.28. The molecule has 11 heavy (non-hydrogen) atoms. The lowest BCUT2D eigenvalue weighted by atomic mass is 10.3. The lowest BCUT2D eigenvalue weighted by molar-refractivity contribution is 0.807. The zero-order valence-electron chi connectivity index (χ0n) is 7.30. The van der Waals surface area contributed by atoms with E-state index in [9.17, 15) is 0 Å². The second-order valence-corrected chi connectivity index (χ2v) is 2.32. The lowest BCUT2D eigenvalue weighted by Gasteiger charge is -1.80. The normalized spacial score (nSPS) is 8.64. The van der Waals surface area contributed by atoms with Crippen LogP contribution in [0, 0.1) is 6.92 Å². The van der Waals surface area contributed by atoms with Crippen molar-refractivity contribution in [3.63, 3.8) is 0 Å². The second-order valence-electron chi connectivity index (χ2n) is 2.32. The molecule has 0 saturated carbocycles. The Bertz CT molecular complexity index is 144. The minimum Gasteiger partial charge on any atom is -0.349 e. The van der Waals surface area contributed by atoms with Crippen LogP contribution in [0.2, 0.25) is 0 Å². The first-order valence-electron chi connectivity index (χ1n) is 3.97. The molecular formula is C8H17N3. The molecule has 3 N–H and O–H groups in total. The fraction of sp³-hybridized carbons (Fsp3) is 0.625. The molecule has 0 aliphatic carbocycles. The molecule has 0 spiro atoms. The Balaban J connectivity index is 0.000000187. The van der Waals surface area contributed by atoms with Gasteiger partial charge in [-0.25, -0.2) is 4.98 Å². The summed E-state index contributed by atoms with van der Waals surface area (Å²) < 4.78 is 0. The van der Waals surface area contributed by atoms with Crippen LogP contribution in [-0.2, 0) is 0 Å². The van der Waals surface area contributed by atoms with Gasteiger partial charge in [0, 0.05) is 12.4 Å². The average Bonchev–Trinajstić information content (AvgIpc) is 2.43. The predicted molar refractivity (Wildman–Crippen MR) is 47.3 cm³/mol. The molecule has 1 rings (SSSR count). The van der Waals surface area contributed by atoms with E-state index in [1.54, 1.807) is 12.4 Å². The minimum absolute atomic E-state index is 0.844. The zero-order chi connectivity index (χ0) is 8.53. The maximum atomic E-state index is 5.14. The molecule has 0 fully saturated rings. The maximum absolute atomic E-state index is 5.14. The van der Waals surface area contributed by atoms with Crippen LogP contribution < -0.4 is 5.73 Å². The molecule has 0 unspecified atom stereocenters. The van der Waals surface area contributed by atoms with Gasteiger partial charge in [0.25, 0.3) is 0 Å². The van der Waals surface area contributed by atoms with Crippen molar-refractivity contribution in [3.05, 3.63) is 18.2 Å². The number of imidazole rings is 1. The van der Waals surface area contributed by atoms with Gasteiger partial charge >= 0.3 is 0 Å². The Morgan fingerprint density at radius 3 is 2.45 bits per heavy atom. The largest absolute Gasteiger partial charge is 0.349 e. The van der Waals surface area contributed by atoms with Gasteiger partial charge in [-0.2, -0.15) is 0 Å². The maximum Gasteiger partial charge on any atom is 0.102 e. The molecule has 1 aromatic rings. The Morgan fingerprint density at radius 2 is 2.36 bits per heavy atom. The smallest absolute Gasteiger partial charge is 0.102 e. The van der Waals surface area contributed by atoms with Gasteiger partial charge in [-0.1, -0.05) is 13.3 Å². The van der Waals surface area contributed by atoms with Crippen LogP contribution >= 0.6 is 0 Å². The summed E-state index contributed by atoms with van der Waals surface area (Å²) in [4.78, 5) is 6.75. The molecule has 0 aromatic carbocycles. The molecule has 64 valence electrons. The predicted octanol–water partition coefficient (Wildman–Crippen LogP) is 1.46. The standard InChI is InChI=1S/C4H6N2.C4H11N/c1-4-5-2-3-6-4;1-2-3-4-5/h2-3H,1H3,(H,5,6);2-5H2,1H3. The highest BCUT2D eigenvalue weighted by molar-refractivity contribution is 4.80. The third kappa shape index (κ3) is 7.06. The van der Waals surface area contributed by atoms with Gasteiger partial charge in [0.1, 0.15) is 5.82 Å². The van der Waals surface area contributed by atoms with Crippen molar-refractivity contribution in [3.8, 4) is 0 Å². The van der Waals surface area contributed by atoms with E-state index < -0.39 is 0 Å². The van der Waals surface area contributed by atoms with Crippen LogP contribution in [-0.4, -0.2) is 16.5 Å². The summed E-state index contributed by atoms with van der Waals surface area (Å²) in [7, 11) is 0. The van der Waals surface area contributed by atoms with E-state index in [0.717, 1.165) is 12.4 Å². The highest BCUT2D eigenvalue weighted by Crippen LogP contribution is 1.78. The van der Waals surface area contributed by atoms with Gasteiger partial charge in [-0.3, -0.25) is 0 Å². The third-order valence-corrected chi connectivity index (χ3v) is 1.19. The molecule has 0 aliphatic heterocycles. The van der Waals surface area contributed by atoms with Crippen LogP contribution in [0.4, 0.5) is 0 Å². The molecule has 0 aliphatic rings. The van der Waals surface area contributed by atoms with Gasteiger partial charge < -0.3 is 10.7 Å². The Morgan fingerprint density at radius 1 is 1.64 bits per heavy atom. The summed E-state index contributed by atoms with van der Waals surface area (Å²) in [5.74, 6) is 0.968. The summed E-state index contributed by atoms with van der Waals surface area (Å²) in [6, 6.07) is 0. The Hall–Kier alpha value is -0.830. The van der Waals surface area contributed by atoms with E-state index in [1.165, 1.54) is 12.8 Å². The van der Waals surface area contributed by atoms with Crippen molar-refractivity contribution in [1.82, 2.24) is 9.97 Å². The number of aromatic amines is 1. The van der Waals surface area contributed by atoms with Gasteiger partial charge in [0.15, 0.2) is 0 Å². The molecule has 0 saturated heterocycles. The number of aromatic nitrogens is 2. The Kier molecular flexibility index (Phi) is 6.73. The molecule has 0 radical (unpaired) electrons. The summed E-state index contributed by atoms with van der Waals surface area (Å²) in [5.41, 5.74) is 5.14. The average molecular weight is 155 g/mol. The molecule has 0 amide bonds. The highest BCUT2D eigenvalue weighted by Gasteiger charge is 1.73. The first-order valence-corrected chi connectivity index (χ1v) is 3.97. The quantitative estimate of drug-likeness (QED) is 0.679. The third-order valence-electron chi connectivity index (χ3n) is 1.19. The topological polar surface area (TPSA) is 54.7 Å². The monoisotopic (exact) mass is 155 g/mol.